The Morgan fingerprint density at radius 3 is 1.51 bits per heavy atom. The highest BCUT2D eigenvalue weighted by molar-refractivity contribution is 7.90. The van der Waals surface area contributed by atoms with Crippen LogP contribution in [0.2, 0.25) is 5.02 Å². The molecule has 6 aromatic carbocycles. The van der Waals surface area contributed by atoms with E-state index in [1.54, 1.807) is 67.8 Å². The second-order valence-corrected chi connectivity index (χ2v) is 24.1. The van der Waals surface area contributed by atoms with Crippen molar-refractivity contribution >= 4 is 74.3 Å². The number of halogens is 1. The summed E-state index contributed by atoms with van der Waals surface area (Å²) in [5, 5.41) is 22.3. The number of aromatic hydroxyl groups is 1. The zero-order valence-electron chi connectivity index (χ0n) is 54.2. The summed E-state index contributed by atoms with van der Waals surface area (Å²) in [5.74, 6) is 2.13. The Labute approximate surface area is 562 Å². The number of nitrogens with zero attached hydrogens (tertiary/aromatic N) is 12. The molecule has 0 aliphatic carbocycles. The van der Waals surface area contributed by atoms with E-state index < -0.39 is 10.0 Å². The number of aliphatic hydroxyl groups excluding tert-OH is 1. The summed E-state index contributed by atoms with van der Waals surface area (Å²) in [5.41, 5.74) is 47.4. The van der Waals surface area contributed by atoms with Crippen molar-refractivity contribution in [1.82, 2.24) is 53.8 Å². The van der Waals surface area contributed by atoms with Gasteiger partial charge in [0.05, 0.1) is 52.0 Å². The molecule has 12 aromatic rings. The highest BCUT2D eigenvalue weighted by Gasteiger charge is 2.23. The van der Waals surface area contributed by atoms with Crippen molar-refractivity contribution in [2.45, 2.75) is 85.3 Å². The maximum Gasteiger partial charge on any atom is 0.268 e. The van der Waals surface area contributed by atoms with Crippen molar-refractivity contribution in [3.05, 3.63) is 226 Å². The maximum atomic E-state index is 13.2. The van der Waals surface area contributed by atoms with Crippen LogP contribution in [0, 0.1) is 13.8 Å². The van der Waals surface area contributed by atoms with Gasteiger partial charge in [-0.2, -0.15) is 4.98 Å². The molecule has 13 N–H and O–H groups in total. The van der Waals surface area contributed by atoms with Crippen LogP contribution >= 0.6 is 11.6 Å². The number of rotatable bonds is 13. The zero-order valence-corrected chi connectivity index (χ0v) is 55.8. The van der Waals surface area contributed by atoms with Crippen molar-refractivity contribution < 1.29 is 18.6 Å². The van der Waals surface area contributed by atoms with Crippen LogP contribution in [0.4, 0.5) is 35.6 Å². The van der Waals surface area contributed by atoms with E-state index in [9.17, 15) is 13.5 Å². The SMILES string of the molecule is CCc1cc(-c2ccc(CO)cc2)nc(N)n1.CCc1cc(-c2ccc(O)cc2)nc(N)n1.CCc1cc(-c2ccc3c(c2C)C=NC3)nc(N)n1.CCc1cc(-c2ccccc2C)nc(N)n1.CNc1cc(-c2cn(S(=O)(=O)c3ccc(Cl)cc3)c3ccccc23)nc(N)n1. The molecule has 0 atom stereocenters. The van der Waals surface area contributed by atoms with Crippen LogP contribution in [0.25, 0.3) is 67.2 Å². The summed E-state index contributed by atoms with van der Waals surface area (Å²) in [7, 11) is -2.11. The molecule has 22 nitrogen and oxygen atoms in total. The van der Waals surface area contributed by atoms with Crippen LogP contribution in [0.1, 0.15) is 78.3 Å². The molecule has 7 heterocycles. The third-order valence-electron chi connectivity index (χ3n) is 15.3. The molecule has 0 bridgehead atoms. The lowest BCUT2D eigenvalue weighted by atomic mass is 9.96. The number of nitrogen functional groups attached to an aromatic ring is 5. The number of hydrogen-bond acceptors (Lipinski definition) is 21. The zero-order chi connectivity index (χ0) is 68.6. The van der Waals surface area contributed by atoms with E-state index in [0.29, 0.717) is 45.5 Å². The number of para-hydroxylation sites is 1. The first kappa shape index (κ1) is 69.1. The number of hydrogen-bond donors (Lipinski definition) is 8. The van der Waals surface area contributed by atoms with Gasteiger partial charge in [0.15, 0.2) is 0 Å². The summed E-state index contributed by atoms with van der Waals surface area (Å²) in [6.45, 7) is 13.2. The van der Waals surface area contributed by atoms with Gasteiger partial charge in [-0.1, -0.05) is 118 Å². The number of nitrogens with one attached hydrogen (secondary N) is 1. The molecule has 0 spiro atoms. The number of anilines is 6. The Morgan fingerprint density at radius 1 is 0.521 bits per heavy atom. The summed E-state index contributed by atoms with van der Waals surface area (Å²) < 4.78 is 27.7. The predicted octanol–water partition coefficient (Wildman–Crippen LogP) is 12.5. The fourth-order valence-corrected chi connectivity index (χ4v) is 11.8. The van der Waals surface area contributed by atoms with Crippen LogP contribution < -0.4 is 34.0 Å². The molecule has 0 fully saturated rings. The number of aliphatic imine (C=N–C) groups is 1. The minimum Gasteiger partial charge on any atom is -0.508 e. The lowest BCUT2D eigenvalue weighted by molar-refractivity contribution is 0.282. The molecule has 0 saturated heterocycles. The number of benzene rings is 6. The molecule has 24 heteroatoms. The summed E-state index contributed by atoms with van der Waals surface area (Å²) in [4.78, 5) is 46.5. The van der Waals surface area contributed by atoms with Gasteiger partial charge in [0.25, 0.3) is 10.0 Å². The van der Waals surface area contributed by atoms with Crippen molar-refractivity contribution in [3.63, 3.8) is 0 Å². The van der Waals surface area contributed by atoms with Crippen LogP contribution in [0.5, 0.6) is 5.75 Å². The number of aryl methyl sites for hydroxylation is 5. The van der Waals surface area contributed by atoms with E-state index in [1.165, 1.54) is 38.4 Å². The van der Waals surface area contributed by atoms with E-state index in [4.69, 9.17) is 45.4 Å². The molecule has 13 rings (SSSR count). The molecule has 0 saturated carbocycles. The monoisotopic (exact) mass is 1320 g/mol. The van der Waals surface area contributed by atoms with Crippen LogP contribution in [-0.2, 0) is 48.9 Å². The number of nitrogens with two attached hydrogens (primary N) is 5. The van der Waals surface area contributed by atoms with E-state index in [0.717, 1.165) is 111 Å². The van der Waals surface area contributed by atoms with Gasteiger partial charge in [-0.15, -0.1) is 0 Å². The Balaban J connectivity index is 0.000000144. The predicted molar refractivity (Wildman–Crippen MR) is 384 cm³/mol. The van der Waals surface area contributed by atoms with Gasteiger partial charge in [0.2, 0.25) is 29.7 Å². The lowest BCUT2D eigenvalue weighted by Crippen LogP contribution is -2.11. The minimum absolute atomic E-state index is 0.0480. The normalized spacial score (nSPS) is 11.2. The Bertz CT molecular complexity index is 4840. The maximum absolute atomic E-state index is 13.2. The van der Waals surface area contributed by atoms with E-state index >= 15 is 0 Å². The van der Waals surface area contributed by atoms with Gasteiger partial charge in [-0.25, -0.2) is 57.2 Å². The lowest BCUT2D eigenvalue weighted by Gasteiger charge is -2.10. The summed E-state index contributed by atoms with van der Waals surface area (Å²) in [6.07, 6.45) is 6.86. The van der Waals surface area contributed by atoms with Gasteiger partial charge in [0, 0.05) is 92.1 Å². The molecule has 490 valence electrons. The third-order valence-corrected chi connectivity index (χ3v) is 17.3. The number of phenolic OH excluding ortho intramolecular Hbond substituents is 1. The Morgan fingerprint density at radius 2 is 0.990 bits per heavy atom. The van der Waals surface area contributed by atoms with Crippen molar-refractivity contribution in [2.24, 2.45) is 4.99 Å². The summed E-state index contributed by atoms with van der Waals surface area (Å²) in [6, 6.07) is 49.7. The fraction of sp³-hybridized carbons (Fsp3) is 0.181. The molecular weight excluding hydrogens is 1250 g/mol. The number of fused-ring (bicyclic) bond motifs is 2. The highest BCUT2D eigenvalue weighted by Crippen LogP contribution is 2.35. The fourth-order valence-electron chi connectivity index (χ4n) is 10.3. The number of aromatic nitrogens is 11. The average molecular weight is 1320 g/mol. The van der Waals surface area contributed by atoms with Crippen LogP contribution in [-0.4, -0.2) is 85.7 Å². The Kier molecular flexibility index (Phi) is 22.7. The first-order valence-corrected chi connectivity index (χ1v) is 32.7. The van der Waals surface area contributed by atoms with Gasteiger partial charge in [-0.05, 0) is 141 Å². The van der Waals surface area contributed by atoms with Crippen LogP contribution in [0.15, 0.2) is 180 Å². The first-order valence-electron chi connectivity index (χ1n) is 30.9. The van der Waals surface area contributed by atoms with Gasteiger partial charge in [0.1, 0.15) is 11.6 Å². The van der Waals surface area contributed by atoms with E-state index in [-0.39, 0.29) is 29.1 Å². The highest BCUT2D eigenvalue weighted by atomic mass is 35.5. The minimum atomic E-state index is -3.83. The van der Waals surface area contributed by atoms with Crippen molar-refractivity contribution in [2.75, 3.05) is 41.0 Å². The first-order chi connectivity index (χ1) is 46.2. The Hall–Kier alpha value is -11.3. The number of aliphatic hydroxyl groups is 1. The second kappa shape index (κ2) is 31.6. The second-order valence-electron chi connectivity index (χ2n) is 21.9. The van der Waals surface area contributed by atoms with Gasteiger partial charge in [-0.3, -0.25) is 4.99 Å². The van der Waals surface area contributed by atoms with E-state index in [2.05, 4.69) is 112 Å². The van der Waals surface area contributed by atoms with E-state index in [1.807, 2.05) is 92.9 Å². The molecule has 0 amide bonds. The summed E-state index contributed by atoms with van der Waals surface area (Å²) >= 11 is 5.90. The molecule has 96 heavy (non-hydrogen) atoms. The van der Waals surface area contributed by atoms with Crippen molar-refractivity contribution in [3.8, 4) is 62.0 Å². The quantitative estimate of drug-likeness (QED) is 0.0531. The molecule has 0 unspecified atom stereocenters. The molecule has 1 aliphatic heterocycles. The van der Waals surface area contributed by atoms with Crippen LogP contribution in [0.3, 0.4) is 0 Å². The molecule has 6 aromatic heterocycles. The molecule has 0 radical (unpaired) electrons. The number of phenols is 1. The smallest absolute Gasteiger partial charge is 0.268 e. The van der Waals surface area contributed by atoms with Gasteiger partial charge >= 0.3 is 0 Å². The average Bonchev–Trinajstić information content (AvgIpc) is 1.66. The third kappa shape index (κ3) is 17.1. The van der Waals surface area contributed by atoms with Gasteiger partial charge < -0.3 is 44.2 Å². The molecule has 1 aliphatic rings. The largest absolute Gasteiger partial charge is 0.508 e. The van der Waals surface area contributed by atoms with Crippen molar-refractivity contribution in [1.29, 1.82) is 0 Å². The standard InChI is InChI=1S/C19H16ClN5O2S.C15H16N4.C13H15N3O.C13H15N3.C12H13N3O/c1-22-18-10-16(23-19(21)24-18)15-11-25(17-5-3-2-4-14(15)17)28(26,27)13-8-6-12(20)7-9-13;1-3-11-6-14(19-15(16)18-11)12-5-4-10-7-17-8-13(10)9(12)2;1-2-11-7-12(16-13(14)15-11)10-5-3-9(8-17)4-6-10;1-3-10-8-12(16-13(14)15-10)11-7-5-4-6-9(11)2;1-2-9-7-11(15-12(13)14-9)8-3-5-10(16)6-4-8/h2-11H,1H3,(H3,21,22,23,24);4-6,8H,3,7H2,1-2H3,(H2,16,18,19);3-7,17H,2,8H2,1H3,(H2,14,15,16);4-8H,3H2,1-2H3,(H2,14,15,16);3-7,16H,2H2,1H3,(H2,13,14,15). The topological polar surface area (TPSA) is 363 Å². The molecular formula is C72H75ClN18O4S.